The van der Waals surface area contributed by atoms with Gasteiger partial charge in [-0.25, -0.2) is 4.79 Å². The molecular formula is C10H17F3N4O3. The molecule has 116 valence electrons. The van der Waals surface area contributed by atoms with Gasteiger partial charge in [-0.05, 0) is 0 Å². The summed E-state index contributed by atoms with van der Waals surface area (Å²) in [7, 11) is 4.03. The second kappa shape index (κ2) is 7.68. The van der Waals surface area contributed by atoms with Crippen molar-refractivity contribution in [3.8, 4) is 0 Å². The van der Waals surface area contributed by atoms with Crippen LogP contribution in [0.1, 0.15) is 0 Å². The molecule has 10 heteroatoms. The van der Waals surface area contributed by atoms with E-state index in [4.69, 9.17) is 0 Å². The Morgan fingerprint density at radius 1 is 1.10 bits per heavy atom. The maximum atomic E-state index is 12.4. The normalized spacial score (nSPS) is 11.2. The lowest BCUT2D eigenvalue weighted by atomic mass is 10.4. The van der Waals surface area contributed by atoms with Crippen molar-refractivity contribution >= 4 is 17.8 Å². The van der Waals surface area contributed by atoms with Gasteiger partial charge < -0.3 is 10.2 Å². The molecule has 0 aliphatic carbocycles. The van der Waals surface area contributed by atoms with Crippen LogP contribution in [0.2, 0.25) is 0 Å². The molecule has 0 unspecified atom stereocenters. The molecule has 0 radical (unpaired) electrons. The van der Waals surface area contributed by atoms with Crippen LogP contribution in [0.3, 0.4) is 0 Å². The molecule has 0 aromatic carbocycles. The molecule has 7 nitrogen and oxygen atoms in total. The summed E-state index contributed by atoms with van der Waals surface area (Å²) in [6.45, 7) is -2.71. The first-order chi connectivity index (χ1) is 9.05. The molecule has 0 spiro atoms. The third-order valence-electron chi connectivity index (χ3n) is 2.11. The first-order valence-electron chi connectivity index (χ1n) is 5.56. The quantitative estimate of drug-likeness (QED) is 0.710. The molecule has 2 N–H and O–H groups in total. The van der Waals surface area contributed by atoms with E-state index >= 15 is 0 Å². The second-order valence-electron chi connectivity index (χ2n) is 4.18. The Morgan fingerprint density at radius 3 is 2.05 bits per heavy atom. The monoisotopic (exact) mass is 298 g/mol. The highest BCUT2D eigenvalue weighted by molar-refractivity contribution is 5.95. The van der Waals surface area contributed by atoms with Crippen molar-refractivity contribution in [2.45, 2.75) is 6.18 Å². The third-order valence-corrected chi connectivity index (χ3v) is 2.11. The van der Waals surface area contributed by atoms with Crippen molar-refractivity contribution in [1.29, 1.82) is 0 Å². The SMILES string of the molecule is CNC(=O)NC(=O)CN(CC(=O)N(C)C)CC(F)(F)F. The molecule has 0 saturated carbocycles. The summed E-state index contributed by atoms with van der Waals surface area (Å²) in [5.74, 6) is -1.51. The Bertz CT molecular complexity index is 371. The van der Waals surface area contributed by atoms with Crippen LogP contribution >= 0.6 is 0 Å². The van der Waals surface area contributed by atoms with E-state index in [2.05, 4.69) is 5.32 Å². The van der Waals surface area contributed by atoms with Crippen LogP contribution in [0.5, 0.6) is 0 Å². The smallest absolute Gasteiger partial charge is 0.348 e. The molecule has 0 rings (SSSR count). The zero-order valence-electron chi connectivity index (χ0n) is 11.4. The topological polar surface area (TPSA) is 81.8 Å². The molecule has 0 saturated heterocycles. The summed E-state index contributed by atoms with van der Waals surface area (Å²) in [4.78, 5) is 35.3. The van der Waals surface area contributed by atoms with E-state index in [0.29, 0.717) is 4.90 Å². The van der Waals surface area contributed by atoms with Crippen LogP contribution in [-0.2, 0) is 9.59 Å². The molecule has 0 bridgehead atoms. The van der Waals surface area contributed by atoms with E-state index in [9.17, 15) is 27.6 Å². The number of hydrogen-bond donors (Lipinski definition) is 2. The summed E-state index contributed by atoms with van der Waals surface area (Å²) >= 11 is 0. The third kappa shape index (κ3) is 8.29. The minimum atomic E-state index is -4.56. The number of nitrogens with one attached hydrogen (secondary N) is 2. The molecule has 0 aromatic heterocycles. The first-order valence-corrected chi connectivity index (χ1v) is 5.56. The largest absolute Gasteiger partial charge is 0.401 e. The van der Waals surface area contributed by atoms with Gasteiger partial charge in [0.05, 0.1) is 19.6 Å². The highest BCUT2D eigenvalue weighted by atomic mass is 19.4. The lowest BCUT2D eigenvalue weighted by Gasteiger charge is -2.23. The number of imide groups is 1. The fourth-order valence-corrected chi connectivity index (χ4v) is 1.19. The van der Waals surface area contributed by atoms with Crippen LogP contribution in [0.4, 0.5) is 18.0 Å². The number of alkyl halides is 3. The number of urea groups is 1. The van der Waals surface area contributed by atoms with Gasteiger partial charge in [-0.2, -0.15) is 13.2 Å². The maximum Gasteiger partial charge on any atom is 0.401 e. The molecule has 20 heavy (non-hydrogen) atoms. The summed E-state index contributed by atoms with van der Waals surface area (Å²) in [5, 5.41) is 3.91. The molecule has 0 atom stereocenters. The minimum Gasteiger partial charge on any atom is -0.348 e. The number of halogens is 3. The number of likely N-dealkylation sites (N-methyl/N-ethyl adjacent to an activating group) is 1. The Morgan fingerprint density at radius 2 is 1.65 bits per heavy atom. The number of nitrogens with zero attached hydrogens (tertiary/aromatic N) is 2. The van der Waals surface area contributed by atoms with E-state index in [1.165, 1.54) is 21.1 Å². The van der Waals surface area contributed by atoms with Gasteiger partial charge in [0.1, 0.15) is 0 Å². The van der Waals surface area contributed by atoms with Gasteiger partial charge in [-0.15, -0.1) is 0 Å². The highest BCUT2D eigenvalue weighted by Gasteiger charge is 2.32. The average molecular weight is 298 g/mol. The van der Waals surface area contributed by atoms with Crippen molar-refractivity contribution in [2.75, 3.05) is 40.8 Å². The van der Waals surface area contributed by atoms with E-state index in [1.807, 2.05) is 5.32 Å². The summed E-state index contributed by atoms with van der Waals surface area (Å²) in [5.41, 5.74) is 0. The van der Waals surface area contributed by atoms with Crippen LogP contribution < -0.4 is 10.6 Å². The Labute approximate surface area is 114 Å². The van der Waals surface area contributed by atoms with E-state index in [-0.39, 0.29) is 0 Å². The van der Waals surface area contributed by atoms with Crippen LogP contribution in [0.15, 0.2) is 0 Å². The van der Waals surface area contributed by atoms with E-state index < -0.39 is 43.7 Å². The maximum absolute atomic E-state index is 12.4. The zero-order valence-corrected chi connectivity index (χ0v) is 11.4. The predicted octanol–water partition coefficient (Wildman–Crippen LogP) is -0.606. The first kappa shape index (κ1) is 18.2. The van der Waals surface area contributed by atoms with Gasteiger partial charge in [0.2, 0.25) is 11.8 Å². The van der Waals surface area contributed by atoms with Crippen molar-refractivity contribution in [2.24, 2.45) is 0 Å². The van der Waals surface area contributed by atoms with Gasteiger partial charge in [0, 0.05) is 21.1 Å². The summed E-state index contributed by atoms with van der Waals surface area (Å²) in [6, 6.07) is -0.833. The standard InChI is InChI=1S/C10H17F3N4O3/c1-14-9(20)15-7(18)4-17(6-10(11,12)13)5-8(19)16(2)3/h4-6H2,1-3H3,(H2,14,15,18,20). The van der Waals surface area contributed by atoms with Crippen molar-refractivity contribution in [3.05, 3.63) is 0 Å². The molecule has 0 heterocycles. The van der Waals surface area contributed by atoms with Gasteiger partial charge in [-0.1, -0.05) is 0 Å². The van der Waals surface area contributed by atoms with Crippen molar-refractivity contribution < 1.29 is 27.6 Å². The molecule has 0 fully saturated rings. The van der Waals surface area contributed by atoms with Gasteiger partial charge in [0.15, 0.2) is 0 Å². The molecule has 4 amide bonds. The number of carbonyl (C=O) groups is 3. The summed E-state index contributed by atoms with van der Waals surface area (Å²) < 4.78 is 37.1. The number of rotatable bonds is 5. The zero-order chi connectivity index (χ0) is 15.9. The number of hydrogen-bond acceptors (Lipinski definition) is 4. The van der Waals surface area contributed by atoms with E-state index in [0.717, 1.165) is 4.90 Å². The van der Waals surface area contributed by atoms with Gasteiger partial charge in [-0.3, -0.25) is 19.8 Å². The second-order valence-corrected chi connectivity index (χ2v) is 4.18. The Hall–Kier alpha value is -1.84. The van der Waals surface area contributed by atoms with Gasteiger partial charge >= 0.3 is 12.2 Å². The van der Waals surface area contributed by atoms with Crippen molar-refractivity contribution in [1.82, 2.24) is 20.4 Å². The molecule has 0 aliphatic heterocycles. The fourth-order valence-electron chi connectivity index (χ4n) is 1.19. The minimum absolute atomic E-state index is 0.576. The van der Waals surface area contributed by atoms with Crippen LogP contribution in [-0.4, -0.2) is 74.6 Å². The lowest BCUT2D eigenvalue weighted by molar-refractivity contribution is -0.152. The van der Waals surface area contributed by atoms with Crippen molar-refractivity contribution in [3.63, 3.8) is 0 Å². The van der Waals surface area contributed by atoms with Crippen LogP contribution in [0, 0.1) is 0 Å². The predicted molar refractivity (Wildman–Crippen MR) is 63.8 cm³/mol. The lowest BCUT2D eigenvalue weighted by Crippen LogP contribution is -2.48. The molecule has 0 aromatic rings. The highest BCUT2D eigenvalue weighted by Crippen LogP contribution is 2.16. The molecular weight excluding hydrogens is 281 g/mol. The van der Waals surface area contributed by atoms with Crippen LogP contribution in [0.25, 0.3) is 0 Å². The van der Waals surface area contributed by atoms with E-state index in [1.54, 1.807) is 0 Å². The fraction of sp³-hybridized carbons (Fsp3) is 0.700. The summed E-state index contributed by atoms with van der Waals surface area (Å²) in [6.07, 6.45) is -4.56. The Kier molecular flexibility index (Phi) is 6.97. The Balaban J connectivity index is 4.64. The van der Waals surface area contributed by atoms with Gasteiger partial charge in [0.25, 0.3) is 0 Å². The number of amides is 4. The molecule has 0 aliphatic rings. The number of carbonyl (C=O) groups excluding carboxylic acids is 3. The average Bonchev–Trinajstić information content (AvgIpc) is 2.25.